The van der Waals surface area contributed by atoms with Crippen molar-refractivity contribution in [2.45, 2.75) is 39.0 Å². The highest BCUT2D eigenvalue weighted by Crippen LogP contribution is 2.71. The van der Waals surface area contributed by atoms with Crippen LogP contribution in [0.3, 0.4) is 0 Å². The van der Waals surface area contributed by atoms with E-state index in [0.29, 0.717) is 5.57 Å². The summed E-state index contributed by atoms with van der Waals surface area (Å²) in [4.78, 5) is 10.5. The van der Waals surface area contributed by atoms with Gasteiger partial charge in [0.25, 0.3) is 0 Å². The molecule has 5 aliphatic carbocycles. The molecule has 0 aromatic carbocycles. The summed E-state index contributed by atoms with van der Waals surface area (Å²) in [5, 5.41) is 0. The van der Waals surface area contributed by atoms with Crippen LogP contribution in [-0.4, -0.2) is 19.9 Å². The molecular formula is C21H30O3. The molecule has 24 heavy (non-hydrogen) atoms. The van der Waals surface area contributed by atoms with Crippen LogP contribution in [0.5, 0.6) is 0 Å². The van der Waals surface area contributed by atoms with Crippen molar-refractivity contribution in [3.8, 4) is 0 Å². The minimum absolute atomic E-state index is 0.00824. The summed E-state index contributed by atoms with van der Waals surface area (Å²) >= 11 is 0. The maximum Gasteiger partial charge on any atom is 0.335 e. The van der Waals surface area contributed by atoms with E-state index in [9.17, 15) is 4.79 Å². The molecule has 0 spiro atoms. The molecule has 0 aromatic heterocycles. The molecule has 4 saturated carbocycles. The topological polar surface area (TPSA) is 35.5 Å². The van der Waals surface area contributed by atoms with Gasteiger partial charge in [0.15, 0.2) is 6.79 Å². The molecule has 132 valence electrons. The summed E-state index contributed by atoms with van der Waals surface area (Å²) in [6, 6.07) is 0. The molecule has 5 rings (SSSR count). The van der Waals surface area contributed by atoms with Crippen molar-refractivity contribution in [3.05, 3.63) is 24.3 Å². The van der Waals surface area contributed by atoms with Gasteiger partial charge < -0.3 is 9.47 Å². The number of methoxy groups -OCH3 is 1. The van der Waals surface area contributed by atoms with E-state index in [2.05, 4.69) is 28.2 Å². The van der Waals surface area contributed by atoms with E-state index in [-0.39, 0.29) is 6.79 Å². The Bertz CT molecular complexity index is 551. The van der Waals surface area contributed by atoms with Gasteiger partial charge in [0.05, 0.1) is 0 Å². The van der Waals surface area contributed by atoms with E-state index in [4.69, 9.17) is 0 Å². The highest BCUT2D eigenvalue weighted by molar-refractivity contribution is 5.86. The summed E-state index contributed by atoms with van der Waals surface area (Å²) in [6.07, 6.45) is 13.0. The van der Waals surface area contributed by atoms with E-state index in [1.807, 2.05) is 0 Å². The first-order chi connectivity index (χ1) is 11.6. The van der Waals surface area contributed by atoms with E-state index < -0.39 is 5.97 Å². The molecule has 0 N–H and O–H groups in total. The Morgan fingerprint density at radius 1 is 1.12 bits per heavy atom. The smallest absolute Gasteiger partial charge is 0.335 e. The second kappa shape index (κ2) is 6.33. The minimum atomic E-state index is -0.420. The minimum Gasteiger partial charge on any atom is -0.435 e. The van der Waals surface area contributed by atoms with E-state index in [1.54, 1.807) is 32.6 Å². The van der Waals surface area contributed by atoms with Crippen molar-refractivity contribution in [1.82, 2.24) is 0 Å². The molecule has 0 radical (unpaired) electrons. The summed E-state index contributed by atoms with van der Waals surface area (Å²) in [6.45, 7) is 4.95. The maximum absolute atomic E-state index is 10.5. The molecule has 8 atom stereocenters. The van der Waals surface area contributed by atoms with Crippen LogP contribution in [0.25, 0.3) is 0 Å². The second-order valence-electron chi connectivity index (χ2n) is 8.58. The van der Waals surface area contributed by atoms with Crippen LogP contribution in [0.2, 0.25) is 0 Å². The zero-order valence-electron chi connectivity index (χ0n) is 14.9. The van der Waals surface area contributed by atoms with Gasteiger partial charge in [-0.1, -0.05) is 18.7 Å². The summed E-state index contributed by atoms with van der Waals surface area (Å²) < 4.78 is 8.97. The third-order valence-electron chi connectivity index (χ3n) is 7.54. The van der Waals surface area contributed by atoms with Crippen molar-refractivity contribution in [1.29, 1.82) is 0 Å². The second-order valence-corrected chi connectivity index (χ2v) is 8.58. The summed E-state index contributed by atoms with van der Waals surface area (Å²) in [7, 11) is 1.45. The van der Waals surface area contributed by atoms with Crippen LogP contribution in [0, 0.1) is 47.3 Å². The predicted octanol–water partition coefficient (Wildman–Crippen LogP) is 4.20. The van der Waals surface area contributed by atoms with Crippen LogP contribution in [-0.2, 0) is 14.3 Å². The number of fused-ring (bicyclic) bond motifs is 12. The Balaban J connectivity index is 0.000000143. The number of carbonyl (C=O) groups excluding carboxylic acids is 1. The fourth-order valence-corrected chi connectivity index (χ4v) is 7.00. The Hall–Kier alpha value is -1.09. The number of ether oxygens (including phenoxy) is 2. The molecule has 4 fully saturated rings. The number of hydrogen-bond donors (Lipinski definition) is 0. The first-order valence-electron chi connectivity index (χ1n) is 9.60. The van der Waals surface area contributed by atoms with Gasteiger partial charge in [-0.05, 0) is 86.4 Å². The fraction of sp³-hybridized carbons (Fsp3) is 0.762. The molecule has 4 bridgehead atoms. The van der Waals surface area contributed by atoms with Crippen LogP contribution >= 0.6 is 0 Å². The first kappa shape index (κ1) is 16.4. The lowest BCUT2D eigenvalue weighted by molar-refractivity contribution is -0.149. The van der Waals surface area contributed by atoms with Gasteiger partial charge in [-0.2, -0.15) is 0 Å². The number of hydrogen-bond acceptors (Lipinski definition) is 3. The quantitative estimate of drug-likeness (QED) is 0.256. The van der Waals surface area contributed by atoms with Gasteiger partial charge in [0.1, 0.15) is 0 Å². The number of allylic oxidation sites excluding steroid dienone is 2. The zero-order valence-corrected chi connectivity index (χ0v) is 14.9. The van der Waals surface area contributed by atoms with Crippen molar-refractivity contribution in [2.75, 3.05) is 13.9 Å². The molecule has 0 saturated heterocycles. The molecule has 3 heteroatoms. The lowest BCUT2D eigenvalue weighted by atomic mass is 9.64. The Labute approximate surface area is 145 Å². The normalized spacial score (nSPS) is 45.6. The molecule has 3 nitrogen and oxygen atoms in total. The summed E-state index contributed by atoms with van der Waals surface area (Å²) in [5.74, 6) is 8.77. The number of carbonyl (C=O) groups is 1. The van der Waals surface area contributed by atoms with Crippen molar-refractivity contribution in [2.24, 2.45) is 47.3 Å². The lowest BCUT2D eigenvalue weighted by Gasteiger charge is -2.40. The van der Waals surface area contributed by atoms with Gasteiger partial charge in [-0.15, -0.1) is 0 Å². The molecular weight excluding hydrogens is 300 g/mol. The Kier molecular flexibility index (Phi) is 4.32. The van der Waals surface area contributed by atoms with Crippen molar-refractivity contribution < 1.29 is 14.3 Å². The monoisotopic (exact) mass is 330 g/mol. The average Bonchev–Trinajstić information content (AvgIpc) is 3.35. The molecule has 5 aliphatic rings. The van der Waals surface area contributed by atoms with Crippen LogP contribution in [0.15, 0.2) is 24.3 Å². The predicted molar refractivity (Wildman–Crippen MR) is 92.9 cm³/mol. The van der Waals surface area contributed by atoms with Gasteiger partial charge in [0, 0.05) is 12.7 Å². The average molecular weight is 330 g/mol. The van der Waals surface area contributed by atoms with Crippen molar-refractivity contribution >= 4 is 5.97 Å². The fourth-order valence-electron chi connectivity index (χ4n) is 7.00. The maximum atomic E-state index is 10.5. The molecule has 0 aromatic rings. The lowest BCUT2D eigenvalue weighted by Crippen LogP contribution is -2.36. The standard InChI is InChI=1S/C15H20.C6H10O3/c1-2-10-11(3-1)13-7-12(10)14-8-4-5-9(6-8)15(13)14;1-5(2)6(7)9-4-8-3/h1-2,8-15H,3-7H2;1,4H2,2-3H3. The number of rotatable bonds is 3. The van der Waals surface area contributed by atoms with Crippen LogP contribution < -0.4 is 0 Å². The van der Waals surface area contributed by atoms with Gasteiger partial charge >= 0.3 is 5.97 Å². The van der Waals surface area contributed by atoms with Crippen LogP contribution in [0.1, 0.15) is 39.0 Å². The first-order valence-corrected chi connectivity index (χ1v) is 9.60. The third kappa shape index (κ3) is 2.47. The van der Waals surface area contributed by atoms with E-state index in [0.717, 1.165) is 23.7 Å². The highest BCUT2D eigenvalue weighted by Gasteiger charge is 2.65. The summed E-state index contributed by atoms with van der Waals surface area (Å²) in [5.41, 5.74) is 0.382. The van der Waals surface area contributed by atoms with Crippen LogP contribution in [0.4, 0.5) is 0 Å². The zero-order chi connectivity index (χ0) is 16.8. The molecule has 0 aliphatic heterocycles. The van der Waals surface area contributed by atoms with E-state index >= 15 is 0 Å². The van der Waals surface area contributed by atoms with Gasteiger partial charge in [-0.25, -0.2) is 4.79 Å². The van der Waals surface area contributed by atoms with Gasteiger partial charge in [-0.3, -0.25) is 0 Å². The Morgan fingerprint density at radius 3 is 2.50 bits per heavy atom. The Morgan fingerprint density at radius 2 is 1.83 bits per heavy atom. The SMILES string of the molecule is C1=CC2C(C1)C1CC2C2C3CCC(C3)C12.C=C(C)C(=O)OCOC. The highest BCUT2D eigenvalue weighted by atomic mass is 16.7. The molecule has 0 amide bonds. The molecule has 8 unspecified atom stereocenters. The molecule has 0 heterocycles. The third-order valence-corrected chi connectivity index (χ3v) is 7.54. The number of esters is 1. The van der Waals surface area contributed by atoms with Crippen molar-refractivity contribution in [3.63, 3.8) is 0 Å². The van der Waals surface area contributed by atoms with Gasteiger partial charge in [0.2, 0.25) is 0 Å². The van der Waals surface area contributed by atoms with E-state index in [1.165, 1.54) is 37.2 Å². The largest absolute Gasteiger partial charge is 0.435 e.